The lowest BCUT2D eigenvalue weighted by Crippen LogP contribution is -2.19. The van der Waals surface area contributed by atoms with E-state index in [0.29, 0.717) is 12.3 Å². The molecule has 0 aliphatic rings. The molecule has 2 aromatic carbocycles. The van der Waals surface area contributed by atoms with E-state index in [1.165, 1.54) is 23.3 Å². The maximum absolute atomic E-state index is 13.4. The summed E-state index contributed by atoms with van der Waals surface area (Å²) < 4.78 is 19.8. The molecule has 0 saturated heterocycles. The third-order valence-electron chi connectivity index (χ3n) is 3.51. The summed E-state index contributed by atoms with van der Waals surface area (Å²) in [7, 11) is 1.60. The molecular weight excluding hydrogens is 333 g/mol. The zero-order chi connectivity index (χ0) is 15.4. The van der Waals surface area contributed by atoms with Gasteiger partial charge in [0, 0.05) is 22.6 Å². The van der Waals surface area contributed by atoms with Gasteiger partial charge in [0.15, 0.2) is 0 Å². The highest BCUT2D eigenvalue weighted by molar-refractivity contribution is 9.10. The molecule has 2 aromatic rings. The monoisotopic (exact) mass is 351 g/mol. The standard InChI is InChI=1S/C17H19BrFNO/c1-11-4-5-13(8-16(11)18)10-20-12(2)15-9-14(19)6-7-17(15)21-3/h4-9,12,20H,10H2,1-3H3. The molecule has 4 heteroatoms. The molecular formula is C17H19BrFNO. The van der Waals surface area contributed by atoms with Crippen molar-refractivity contribution in [2.45, 2.75) is 26.4 Å². The number of halogens is 2. The number of hydrogen-bond donors (Lipinski definition) is 1. The first-order valence-corrected chi connectivity index (χ1v) is 7.62. The van der Waals surface area contributed by atoms with E-state index in [1.807, 2.05) is 6.92 Å². The van der Waals surface area contributed by atoms with Crippen LogP contribution in [0, 0.1) is 12.7 Å². The SMILES string of the molecule is COc1ccc(F)cc1C(C)NCc1ccc(C)c(Br)c1. The van der Waals surface area contributed by atoms with Gasteiger partial charge in [0.05, 0.1) is 7.11 Å². The van der Waals surface area contributed by atoms with Gasteiger partial charge < -0.3 is 10.1 Å². The van der Waals surface area contributed by atoms with Crippen LogP contribution in [-0.2, 0) is 6.54 Å². The molecule has 1 N–H and O–H groups in total. The fraction of sp³-hybridized carbons (Fsp3) is 0.294. The van der Waals surface area contributed by atoms with E-state index in [2.05, 4.69) is 46.4 Å². The summed E-state index contributed by atoms with van der Waals surface area (Å²) >= 11 is 3.53. The number of nitrogens with one attached hydrogen (secondary N) is 1. The van der Waals surface area contributed by atoms with Crippen molar-refractivity contribution in [2.24, 2.45) is 0 Å². The molecule has 0 radical (unpaired) electrons. The molecule has 0 bridgehead atoms. The van der Waals surface area contributed by atoms with E-state index in [1.54, 1.807) is 13.2 Å². The van der Waals surface area contributed by atoms with Crippen LogP contribution < -0.4 is 10.1 Å². The maximum atomic E-state index is 13.4. The van der Waals surface area contributed by atoms with Crippen molar-refractivity contribution in [1.82, 2.24) is 5.32 Å². The normalized spacial score (nSPS) is 12.2. The highest BCUT2D eigenvalue weighted by atomic mass is 79.9. The van der Waals surface area contributed by atoms with Gasteiger partial charge in [-0.2, -0.15) is 0 Å². The second-order valence-corrected chi connectivity index (χ2v) is 5.93. The number of hydrogen-bond acceptors (Lipinski definition) is 2. The van der Waals surface area contributed by atoms with Gasteiger partial charge in [-0.3, -0.25) is 0 Å². The van der Waals surface area contributed by atoms with Crippen molar-refractivity contribution in [3.05, 3.63) is 63.4 Å². The van der Waals surface area contributed by atoms with Crippen molar-refractivity contribution in [3.8, 4) is 5.75 Å². The fourth-order valence-electron chi connectivity index (χ4n) is 2.17. The Bertz CT molecular complexity index is 630. The molecule has 0 aliphatic heterocycles. The largest absolute Gasteiger partial charge is 0.496 e. The van der Waals surface area contributed by atoms with E-state index >= 15 is 0 Å². The predicted molar refractivity (Wildman–Crippen MR) is 87.1 cm³/mol. The number of aryl methyl sites for hydroxylation is 1. The third kappa shape index (κ3) is 4.05. The summed E-state index contributed by atoms with van der Waals surface area (Å²) in [5, 5.41) is 3.40. The Hall–Kier alpha value is -1.39. The van der Waals surface area contributed by atoms with Crippen molar-refractivity contribution in [3.63, 3.8) is 0 Å². The molecule has 21 heavy (non-hydrogen) atoms. The van der Waals surface area contributed by atoms with Gasteiger partial charge in [-0.25, -0.2) is 4.39 Å². The van der Waals surface area contributed by atoms with Crippen LogP contribution in [0.2, 0.25) is 0 Å². The van der Waals surface area contributed by atoms with Crippen LogP contribution in [0.4, 0.5) is 4.39 Å². The van der Waals surface area contributed by atoms with Crippen LogP contribution in [0.25, 0.3) is 0 Å². The second-order valence-electron chi connectivity index (χ2n) is 5.07. The lowest BCUT2D eigenvalue weighted by molar-refractivity contribution is 0.399. The van der Waals surface area contributed by atoms with Crippen molar-refractivity contribution < 1.29 is 9.13 Å². The van der Waals surface area contributed by atoms with E-state index in [4.69, 9.17) is 4.74 Å². The summed E-state index contributed by atoms with van der Waals surface area (Å²) in [4.78, 5) is 0. The Morgan fingerprint density at radius 2 is 2.00 bits per heavy atom. The molecule has 0 aliphatic carbocycles. The minimum Gasteiger partial charge on any atom is -0.496 e. The average molecular weight is 352 g/mol. The number of methoxy groups -OCH3 is 1. The maximum Gasteiger partial charge on any atom is 0.123 e. The highest BCUT2D eigenvalue weighted by Gasteiger charge is 2.12. The third-order valence-corrected chi connectivity index (χ3v) is 4.36. The molecule has 2 nitrogen and oxygen atoms in total. The van der Waals surface area contributed by atoms with E-state index in [0.717, 1.165) is 10.0 Å². The molecule has 1 atom stereocenters. The first kappa shape index (κ1) is 16.0. The number of benzene rings is 2. The highest BCUT2D eigenvalue weighted by Crippen LogP contribution is 2.26. The minimum absolute atomic E-state index is 0.00396. The molecule has 0 heterocycles. The van der Waals surface area contributed by atoms with Gasteiger partial charge in [0.25, 0.3) is 0 Å². The van der Waals surface area contributed by atoms with Crippen LogP contribution in [0.1, 0.15) is 29.7 Å². The quantitative estimate of drug-likeness (QED) is 0.838. The Labute approximate surface area is 133 Å². The zero-order valence-corrected chi connectivity index (χ0v) is 14.0. The van der Waals surface area contributed by atoms with E-state index < -0.39 is 0 Å². The Balaban J connectivity index is 2.09. The van der Waals surface area contributed by atoms with Crippen molar-refractivity contribution in [1.29, 1.82) is 0 Å². The van der Waals surface area contributed by atoms with Gasteiger partial charge in [-0.05, 0) is 49.2 Å². The van der Waals surface area contributed by atoms with Crippen LogP contribution in [-0.4, -0.2) is 7.11 Å². The van der Waals surface area contributed by atoms with Crippen LogP contribution in [0.5, 0.6) is 5.75 Å². The van der Waals surface area contributed by atoms with E-state index in [9.17, 15) is 4.39 Å². The molecule has 2 rings (SSSR count). The molecule has 112 valence electrons. The minimum atomic E-state index is -0.252. The zero-order valence-electron chi connectivity index (χ0n) is 12.4. The summed E-state index contributed by atoms with van der Waals surface area (Å²) in [6.45, 7) is 4.77. The van der Waals surface area contributed by atoms with Gasteiger partial charge in [-0.15, -0.1) is 0 Å². The summed E-state index contributed by atoms with van der Waals surface area (Å²) in [6.07, 6.45) is 0. The lowest BCUT2D eigenvalue weighted by atomic mass is 10.1. The molecule has 0 amide bonds. The summed E-state index contributed by atoms with van der Waals surface area (Å²) in [6, 6.07) is 10.8. The Morgan fingerprint density at radius 3 is 2.67 bits per heavy atom. The summed E-state index contributed by atoms with van der Waals surface area (Å²) in [5.41, 5.74) is 3.21. The number of rotatable bonds is 5. The molecule has 1 unspecified atom stereocenters. The van der Waals surface area contributed by atoms with Gasteiger partial charge >= 0.3 is 0 Å². The van der Waals surface area contributed by atoms with Gasteiger partial charge in [-0.1, -0.05) is 28.1 Å². The Morgan fingerprint density at radius 1 is 1.24 bits per heavy atom. The smallest absolute Gasteiger partial charge is 0.123 e. The van der Waals surface area contributed by atoms with Crippen LogP contribution >= 0.6 is 15.9 Å². The topological polar surface area (TPSA) is 21.3 Å². The van der Waals surface area contributed by atoms with Gasteiger partial charge in [0.1, 0.15) is 11.6 Å². The molecule has 0 spiro atoms. The first-order chi connectivity index (χ1) is 10.0. The lowest BCUT2D eigenvalue weighted by Gasteiger charge is -2.17. The van der Waals surface area contributed by atoms with Crippen LogP contribution in [0.15, 0.2) is 40.9 Å². The summed E-state index contributed by atoms with van der Waals surface area (Å²) in [5.74, 6) is 0.444. The van der Waals surface area contributed by atoms with Crippen molar-refractivity contribution in [2.75, 3.05) is 7.11 Å². The van der Waals surface area contributed by atoms with Gasteiger partial charge in [0.2, 0.25) is 0 Å². The second kappa shape index (κ2) is 7.05. The van der Waals surface area contributed by atoms with E-state index in [-0.39, 0.29) is 11.9 Å². The van der Waals surface area contributed by atoms with Crippen LogP contribution in [0.3, 0.4) is 0 Å². The average Bonchev–Trinajstić information content (AvgIpc) is 2.48. The molecule has 0 fully saturated rings. The van der Waals surface area contributed by atoms with Crippen molar-refractivity contribution >= 4 is 15.9 Å². The number of ether oxygens (including phenoxy) is 1. The molecule has 0 aromatic heterocycles. The first-order valence-electron chi connectivity index (χ1n) is 6.83. The predicted octanol–water partition coefficient (Wildman–Crippen LogP) is 4.76. The fourth-order valence-corrected chi connectivity index (χ4v) is 2.60. The Kier molecular flexibility index (Phi) is 5.37. The molecule has 0 saturated carbocycles.